The maximum Gasteiger partial charge on any atom is 0.255 e. The lowest BCUT2D eigenvalue weighted by Crippen LogP contribution is -2.57. The van der Waals surface area contributed by atoms with Gasteiger partial charge in [0.05, 0.1) is 0 Å². The Labute approximate surface area is 215 Å². The molecule has 9 heteroatoms. The van der Waals surface area contributed by atoms with Crippen molar-refractivity contribution >= 4 is 17.7 Å². The first-order valence-electron chi connectivity index (χ1n) is 13.0. The van der Waals surface area contributed by atoms with E-state index in [2.05, 4.69) is 21.3 Å². The minimum atomic E-state index is -0.617. The first-order chi connectivity index (χ1) is 18.0. The molecule has 0 bridgehead atoms. The number of aromatic nitrogens is 1. The first-order valence-corrected chi connectivity index (χ1v) is 13.0. The summed E-state index contributed by atoms with van der Waals surface area (Å²) in [5.74, 6) is 0.293. The molecule has 2 saturated heterocycles. The highest BCUT2D eigenvalue weighted by Gasteiger charge is 2.41. The van der Waals surface area contributed by atoms with Crippen LogP contribution in [0.1, 0.15) is 71.6 Å². The van der Waals surface area contributed by atoms with E-state index >= 15 is 0 Å². The zero-order valence-corrected chi connectivity index (χ0v) is 20.6. The van der Waals surface area contributed by atoms with Crippen molar-refractivity contribution in [1.82, 2.24) is 20.1 Å². The van der Waals surface area contributed by atoms with Gasteiger partial charge in [-0.05, 0) is 67.1 Å². The fraction of sp³-hybridized carbons (Fsp3) is 0.464. The number of nitriles is 1. The molecule has 1 saturated carbocycles. The van der Waals surface area contributed by atoms with Crippen LogP contribution in [0.25, 0.3) is 0 Å². The number of carbonyl (C=O) groups excluding carboxylic acids is 3. The number of amides is 3. The Morgan fingerprint density at radius 2 is 1.89 bits per heavy atom. The SMILES string of the molecule is N#Cc1cc(C2CN([C@H]3CCCC[C@@H]3Oc3ccc4c(c3)CN(C3CCC(=O)NC3=O)C4=O)C2)ccn1. The molecule has 0 spiro atoms. The van der Waals surface area contributed by atoms with Crippen LogP contribution in [-0.4, -0.2) is 63.8 Å². The Kier molecular flexibility index (Phi) is 6.13. The largest absolute Gasteiger partial charge is 0.489 e. The normalized spacial score (nSPS) is 26.3. The van der Waals surface area contributed by atoms with E-state index in [1.165, 1.54) is 12.0 Å². The second kappa shape index (κ2) is 9.60. The van der Waals surface area contributed by atoms with Gasteiger partial charge in [-0.15, -0.1) is 0 Å². The fourth-order valence-electron chi connectivity index (χ4n) is 6.19. The molecule has 190 valence electrons. The van der Waals surface area contributed by atoms with E-state index < -0.39 is 11.9 Å². The van der Waals surface area contributed by atoms with Gasteiger partial charge in [-0.25, -0.2) is 4.98 Å². The van der Waals surface area contributed by atoms with Crippen molar-refractivity contribution in [2.75, 3.05) is 13.1 Å². The molecule has 3 aliphatic heterocycles. The number of benzene rings is 1. The number of nitrogens with one attached hydrogen (secondary N) is 1. The average molecular weight is 500 g/mol. The summed E-state index contributed by atoms with van der Waals surface area (Å²) in [6, 6.07) is 11.3. The Morgan fingerprint density at radius 3 is 2.70 bits per heavy atom. The van der Waals surface area contributed by atoms with E-state index in [-0.39, 0.29) is 24.3 Å². The van der Waals surface area contributed by atoms with Crippen molar-refractivity contribution < 1.29 is 19.1 Å². The van der Waals surface area contributed by atoms with Gasteiger partial charge in [0.1, 0.15) is 29.7 Å². The number of piperidine rings is 1. The van der Waals surface area contributed by atoms with Gasteiger partial charge in [0.15, 0.2) is 0 Å². The molecule has 4 heterocycles. The van der Waals surface area contributed by atoms with Crippen LogP contribution in [0, 0.1) is 11.3 Å². The van der Waals surface area contributed by atoms with Crippen LogP contribution in [0.3, 0.4) is 0 Å². The van der Waals surface area contributed by atoms with Gasteiger partial charge in [-0.3, -0.25) is 24.6 Å². The summed E-state index contributed by atoms with van der Waals surface area (Å²) in [4.78, 5) is 45.0. The molecule has 1 aliphatic carbocycles. The average Bonchev–Trinajstić information content (AvgIpc) is 3.19. The molecule has 1 N–H and O–H groups in total. The molecule has 37 heavy (non-hydrogen) atoms. The number of likely N-dealkylation sites (tertiary alicyclic amines) is 1. The Bertz CT molecular complexity index is 1300. The maximum atomic E-state index is 13.0. The Balaban J connectivity index is 1.12. The fourth-order valence-corrected chi connectivity index (χ4v) is 6.19. The number of ether oxygens (including phenoxy) is 1. The summed E-state index contributed by atoms with van der Waals surface area (Å²) in [5.41, 5.74) is 3.08. The molecule has 1 aromatic carbocycles. The van der Waals surface area contributed by atoms with Crippen LogP contribution in [0.4, 0.5) is 0 Å². The number of imide groups is 1. The van der Waals surface area contributed by atoms with Crippen LogP contribution < -0.4 is 10.1 Å². The molecule has 1 aromatic heterocycles. The van der Waals surface area contributed by atoms with Gasteiger partial charge >= 0.3 is 0 Å². The molecule has 0 radical (unpaired) electrons. The monoisotopic (exact) mass is 499 g/mol. The molecule has 9 nitrogen and oxygen atoms in total. The van der Waals surface area contributed by atoms with E-state index in [1.807, 2.05) is 24.3 Å². The molecular formula is C28H29N5O4. The third-order valence-corrected chi connectivity index (χ3v) is 8.20. The van der Waals surface area contributed by atoms with Crippen LogP contribution in [-0.2, 0) is 16.1 Å². The summed E-state index contributed by atoms with van der Waals surface area (Å²) in [7, 11) is 0. The van der Waals surface area contributed by atoms with Crippen molar-refractivity contribution in [1.29, 1.82) is 5.26 Å². The number of hydrogen-bond donors (Lipinski definition) is 1. The van der Waals surface area contributed by atoms with Gasteiger partial charge < -0.3 is 9.64 Å². The molecular weight excluding hydrogens is 470 g/mol. The van der Waals surface area contributed by atoms with E-state index in [1.54, 1.807) is 17.2 Å². The first kappa shape index (κ1) is 23.6. The van der Waals surface area contributed by atoms with Crippen molar-refractivity contribution in [2.45, 2.75) is 69.2 Å². The summed E-state index contributed by atoms with van der Waals surface area (Å²) < 4.78 is 6.53. The topological polar surface area (TPSA) is 116 Å². The van der Waals surface area contributed by atoms with Gasteiger partial charge in [-0.1, -0.05) is 6.42 Å². The van der Waals surface area contributed by atoms with Gasteiger partial charge in [0.2, 0.25) is 11.8 Å². The van der Waals surface area contributed by atoms with Crippen LogP contribution in [0.2, 0.25) is 0 Å². The highest BCUT2D eigenvalue weighted by molar-refractivity contribution is 6.05. The standard InChI is InChI=1S/C28H29N5O4/c29-13-20-11-17(9-10-30-20)19-14-32(15-19)23-3-1-2-4-25(23)37-21-5-6-22-18(12-21)16-33(28(22)36)24-7-8-26(34)31-27(24)35/h5-6,9-12,19,23-25H,1-4,7-8,14-16H2,(H,31,34,35)/t23-,24?,25-/m0/s1. The highest BCUT2D eigenvalue weighted by atomic mass is 16.5. The smallest absolute Gasteiger partial charge is 0.255 e. The van der Waals surface area contributed by atoms with Crippen molar-refractivity contribution in [2.24, 2.45) is 0 Å². The lowest BCUT2D eigenvalue weighted by Gasteiger charge is -2.48. The van der Waals surface area contributed by atoms with E-state index in [4.69, 9.17) is 10.00 Å². The maximum absolute atomic E-state index is 13.0. The van der Waals surface area contributed by atoms with Crippen LogP contribution in [0.5, 0.6) is 5.75 Å². The summed E-state index contributed by atoms with van der Waals surface area (Å²) in [6.45, 7) is 2.23. The van der Waals surface area contributed by atoms with Gasteiger partial charge in [0, 0.05) is 49.8 Å². The second-order valence-corrected chi connectivity index (χ2v) is 10.5. The lowest BCUT2D eigenvalue weighted by atomic mass is 9.84. The molecule has 3 fully saturated rings. The van der Waals surface area contributed by atoms with E-state index in [0.29, 0.717) is 36.2 Å². The predicted molar refractivity (Wildman–Crippen MR) is 132 cm³/mol. The van der Waals surface area contributed by atoms with Crippen LogP contribution >= 0.6 is 0 Å². The highest BCUT2D eigenvalue weighted by Crippen LogP contribution is 2.36. The van der Waals surface area contributed by atoms with Gasteiger partial charge in [-0.2, -0.15) is 5.26 Å². The molecule has 2 aromatic rings. The molecule has 3 amide bonds. The summed E-state index contributed by atoms with van der Waals surface area (Å²) in [5, 5.41) is 11.5. The van der Waals surface area contributed by atoms with E-state index in [9.17, 15) is 14.4 Å². The number of fused-ring (bicyclic) bond motifs is 1. The zero-order valence-electron chi connectivity index (χ0n) is 20.6. The molecule has 1 unspecified atom stereocenters. The summed E-state index contributed by atoms with van der Waals surface area (Å²) in [6.07, 6.45) is 6.76. The lowest BCUT2D eigenvalue weighted by molar-refractivity contribution is -0.136. The molecule has 4 aliphatic rings. The number of nitrogens with zero attached hydrogens (tertiary/aromatic N) is 4. The summed E-state index contributed by atoms with van der Waals surface area (Å²) >= 11 is 0. The van der Waals surface area contributed by atoms with Crippen LogP contribution in [0.15, 0.2) is 36.5 Å². The zero-order chi connectivity index (χ0) is 25.5. The minimum Gasteiger partial charge on any atom is -0.489 e. The number of hydrogen-bond acceptors (Lipinski definition) is 7. The van der Waals surface area contributed by atoms with Crippen molar-refractivity contribution in [3.05, 3.63) is 58.9 Å². The third kappa shape index (κ3) is 4.46. The van der Waals surface area contributed by atoms with Crippen molar-refractivity contribution in [3.8, 4) is 11.8 Å². The number of rotatable bonds is 5. The van der Waals surface area contributed by atoms with Crippen molar-refractivity contribution in [3.63, 3.8) is 0 Å². The van der Waals surface area contributed by atoms with E-state index in [0.717, 1.165) is 43.7 Å². The minimum absolute atomic E-state index is 0.0724. The predicted octanol–water partition coefficient (Wildman–Crippen LogP) is 2.50. The third-order valence-electron chi connectivity index (χ3n) is 8.20. The molecule has 6 rings (SSSR count). The number of pyridine rings is 1. The van der Waals surface area contributed by atoms with Gasteiger partial charge in [0.25, 0.3) is 5.91 Å². The quantitative estimate of drug-likeness (QED) is 0.629. The second-order valence-electron chi connectivity index (χ2n) is 10.5. The Hall–Kier alpha value is -3.77. The number of carbonyl (C=O) groups is 3. The Morgan fingerprint density at radius 1 is 1.05 bits per heavy atom. The molecule has 3 atom stereocenters.